The third-order valence-corrected chi connectivity index (χ3v) is 13.9. The summed E-state index contributed by atoms with van der Waals surface area (Å²) < 4.78 is 0. The number of hydrogen-bond acceptors (Lipinski definition) is 0. The summed E-state index contributed by atoms with van der Waals surface area (Å²) in [6.07, 6.45) is 70.9. The maximum Gasteiger partial charge on any atom is -0.0443 e. The minimum absolute atomic E-state index is 0.946. The van der Waals surface area contributed by atoms with Crippen LogP contribution in [0, 0.1) is 17.8 Å². The molecular formula is C56H114. The molecule has 0 aliphatic heterocycles. The van der Waals surface area contributed by atoms with Crippen LogP contribution in [0.3, 0.4) is 0 Å². The third kappa shape index (κ3) is 48.4. The lowest BCUT2D eigenvalue weighted by Gasteiger charge is -2.14. The van der Waals surface area contributed by atoms with Gasteiger partial charge in [0.1, 0.15) is 0 Å². The lowest BCUT2D eigenvalue weighted by Crippen LogP contribution is -1.99. The van der Waals surface area contributed by atoms with Crippen LogP contribution in [0.25, 0.3) is 0 Å². The maximum absolute atomic E-state index is 2.53. The van der Waals surface area contributed by atoms with Gasteiger partial charge in [-0.1, -0.05) is 343 Å². The maximum atomic E-state index is 2.53. The highest BCUT2D eigenvalue weighted by Gasteiger charge is 2.07. The van der Waals surface area contributed by atoms with Gasteiger partial charge in [0.25, 0.3) is 0 Å². The lowest BCUT2D eigenvalue weighted by atomic mass is 9.92. The van der Waals surface area contributed by atoms with Crippen molar-refractivity contribution in [1.82, 2.24) is 0 Å². The minimum Gasteiger partial charge on any atom is -0.0654 e. The van der Waals surface area contributed by atoms with Crippen LogP contribution in [-0.4, -0.2) is 0 Å². The third-order valence-electron chi connectivity index (χ3n) is 13.9. The summed E-state index contributed by atoms with van der Waals surface area (Å²) in [6, 6.07) is 0. The summed E-state index contributed by atoms with van der Waals surface area (Å²) in [6.45, 7) is 12.2. The highest BCUT2D eigenvalue weighted by molar-refractivity contribution is 4.61. The van der Waals surface area contributed by atoms with Gasteiger partial charge in [-0.25, -0.2) is 0 Å². The first-order valence-electron chi connectivity index (χ1n) is 27.6. The van der Waals surface area contributed by atoms with E-state index in [0.717, 1.165) is 17.8 Å². The molecule has 0 aliphatic rings. The first-order valence-corrected chi connectivity index (χ1v) is 27.6. The molecule has 0 aromatic heterocycles. The fourth-order valence-electron chi connectivity index (χ4n) is 9.55. The first kappa shape index (κ1) is 56.0. The molecular weight excluding hydrogens is 673 g/mol. The Bertz CT molecular complexity index is 665. The predicted molar refractivity (Wildman–Crippen MR) is 260 cm³/mol. The molecule has 0 heterocycles. The topological polar surface area (TPSA) is 0 Å². The van der Waals surface area contributed by atoms with E-state index in [1.54, 1.807) is 0 Å². The summed E-state index contributed by atoms with van der Waals surface area (Å²) >= 11 is 0. The van der Waals surface area contributed by atoms with E-state index in [1.807, 2.05) is 0 Å². The number of hydrogen-bond donors (Lipinski definition) is 0. The molecule has 3 atom stereocenters. The van der Waals surface area contributed by atoms with Crippen molar-refractivity contribution >= 4 is 0 Å². The molecule has 0 aromatic carbocycles. The van der Waals surface area contributed by atoms with Crippen molar-refractivity contribution in [2.75, 3.05) is 0 Å². The summed E-state index contributed by atoms with van der Waals surface area (Å²) in [5.41, 5.74) is 0. The van der Waals surface area contributed by atoms with Crippen molar-refractivity contribution in [2.45, 2.75) is 343 Å². The molecule has 0 saturated heterocycles. The quantitative estimate of drug-likeness (QED) is 0.0539. The molecule has 0 spiro atoms. The van der Waals surface area contributed by atoms with E-state index in [0.29, 0.717) is 0 Å². The molecule has 0 heteroatoms. The van der Waals surface area contributed by atoms with Crippen LogP contribution in [-0.2, 0) is 0 Å². The smallest absolute Gasteiger partial charge is 0.0443 e. The van der Waals surface area contributed by atoms with E-state index in [2.05, 4.69) is 34.6 Å². The molecule has 0 saturated carbocycles. The SMILES string of the molecule is CCCCCCCCCCCCCCCCCCCCCCCCCCCCC(C)CCCC(C)CCCCCCCC(C)CCCCCCCCCCCC. The molecule has 0 bridgehead atoms. The monoisotopic (exact) mass is 787 g/mol. The molecule has 0 fully saturated rings. The lowest BCUT2D eigenvalue weighted by molar-refractivity contribution is 0.389. The fraction of sp³-hybridized carbons (Fsp3) is 1.00. The Kier molecular flexibility index (Phi) is 49.4. The zero-order valence-electron chi connectivity index (χ0n) is 40.7. The molecule has 3 unspecified atom stereocenters. The van der Waals surface area contributed by atoms with Crippen LogP contribution in [0.2, 0.25) is 0 Å². The fourth-order valence-corrected chi connectivity index (χ4v) is 9.55. The normalized spacial score (nSPS) is 13.4. The number of unbranched alkanes of at least 4 members (excludes halogenated alkanes) is 38. The summed E-state index contributed by atoms with van der Waals surface area (Å²) in [5, 5.41) is 0. The van der Waals surface area contributed by atoms with Crippen molar-refractivity contribution in [3.63, 3.8) is 0 Å². The van der Waals surface area contributed by atoms with Crippen molar-refractivity contribution < 1.29 is 0 Å². The van der Waals surface area contributed by atoms with Gasteiger partial charge in [0.15, 0.2) is 0 Å². The summed E-state index contributed by atoms with van der Waals surface area (Å²) in [4.78, 5) is 0. The second kappa shape index (κ2) is 49.4. The minimum atomic E-state index is 0.946. The molecule has 338 valence electrons. The highest BCUT2D eigenvalue weighted by Crippen LogP contribution is 2.23. The second-order valence-electron chi connectivity index (χ2n) is 20.2. The molecule has 56 heavy (non-hydrogen) atoms. The summed E-state index contributed by atoms with van der Waals surface area (Å²) in [7, 11) is 0. The average molecular weight is 788 g/mol. The Morgan fingerprint density at radius 3 is 0.446 bits per heavy atom. The van der Waals surface area contributed by atoms with Gasteiger partial charge < -0.3 is 0 Å². The van der Waals surface area contributed by atoms with Gasteiger partial charge in [-0.3, -0.25) is 0 Å². The van der Waals surface area contributed by atoms with Crippen LogP contribution < -0.4 is 0 Å². The van der Waals surface area contributed by atoms with Crippen LogP contribution in [0.4, 0.5) is 0 Å². The largest absolute Gasteiger partial charge is 0.0654 e. The zero-order valence-corrected chi connectivity index (χ0v) is 40.7. The van der Waals surface area contributed by atoms with Gasteiger partial charge >= 0.3 is 0 Å². The standard InChI is InChI=1S/C56H114/c1-6-8-10-12-14-16-18-19-20-21-22-23-24-25-26-27-28-29-30-31-32-33-35-37-40-44-50-55(4)52-47-53-56(5)51-46-42-38-41-45-49-54(3)48-43-39-36-34-17-15-13-11-9-7-2/h54-56H,6-53H2,1-5H3. The van der Waals surface area contributed by atoms with Gasteiger partial charge in [-0.15, -0.1) is 0 Å². The van der Waals surface area contributed by atoms with E-state index in [-0.39, 0.29) is 0 Å². The van der Waals surface area contributed by atoms with E-state index in [4.69, 9.17) is 0 Å². The molecule has 0 rings (SSSR count). The summed E-state index contributed by atoms with van der Waals surface area (Å²) in [5.74, 6) is 2.85. The van der Waals surface area contributed by atoms with Gasteiger partial charge in [0.05, 0.1) is 0 Å². The van der Waals surface area contributed by atoms with Gasteiger partial charge in [-0.2, -0.15) is 0 Å². The molecule has 0 N–H and O–H groups in total. The van der Waals surface area contributed by atoms with Crippen LogP contribution in [0.15, 0.2) is 0 Å². The zero-order chi connectivity index (χ0) is 40.7. The van der Waals surface area contributed by atoms with Crippen LogP contribution in [0.1, 0.15) is 343 Å². The second-order valence-corrected chi connectivity index (χ2v) is 20.2. The molecule has 0 amide bonds. The van der Waals surface area contributed by atoms with Crippen LogP contribution >= 0.6 is 0 Å². The van der Waals surface area contributed by atoms with Gasteiger partial charge in [0.2, 0.25) is 0 Å². The van der Waals surface area contributed by atoms with E-state index < -0.39 is 0 Å². The van der Waals surface area contributed by atoms with Crippen LogP contribution in [0.5, 0.6) is 0 Å². The molecule has 0 nitrogen and oxygen atoms in total. The Labute approximate surface area is 359 Å². The molecule has 0 aromatic rings. The Morgan fingerprint density at radius 1 is 0.161 bits per heavy atom. The Balaban J connectivity index is 3.28. The van der Waals surface area contributed by atoms with Gasteiger partial charge in [0, 0.05) is 0 Å². The first-order chi connectivity index (χ1) is 27.6. The van der Waals surface area contributed by atoms with Crippen molar-refractivity contribution in [2.24, 2.45) is 17.8 Å². The highest BCUT2D eigenvalue weighted by atomic mass is 14.1. The Hall–Kier alpha value is 0. The Morgan fingerprint density at radius 2 is 0.286 bits per heavy atom. The average Bonchev–Trinajstić information content (AvgIpc) is 3.19. The van der Waals surface area contributed by atoms with E-state index in [1.165, 1.54) is 308 Å². The number of rotatable bonds is 50. The van der Waals surface area contributed by atoms with Crippen molar-refractivity contribution in [3.05, 3.63) is 0 Å². The van der Waals surface area contributed by atoms with Crippen molar-refractivity contribution in [3.8, 4) is 0 Å². The van der Waals surface area contributed by atoms with Gasteiger partial charge in [-0.05, 0) is 17.8 Å². The van der Waals surface area contributed by atoms with E-state index >= 15 is 0 Å². The molecule has 0 radical (unpaired) electrons. The predicted octanol–water partition coefficient (Wildman–Crippen LogP) is 21.7. The molecule has 0 aliphatic carbocycles. The van der Waals surface area contributed by atoms with Crippen molar-refractivity contribution in [1.29, 1.82) is 0 Å². The van der Waals surface area contributed by atoms with E-state index in [9.17, 15) is 0 Å².